The van der Waals surface area contributed by atoms with Gasteiger partial charge in [-0.15, -0.1) is 0 Å². The maximum Gasteiger partial charge on any atom is 0.247 e. The Morgan fingerprint density at radius 1 is 1.00 bits per heavy atom. The number of hydrogen-bond acceptors (Lipinski definition) is 4. The first-order valence-electron chi connectivity index (χ1n) is 3.22. The quantitative estimate of drug-likeness (QED) is 0.494. The van der Waals surface area contributed by atoms with E-state index in [1.54, 1.807) is 27.7 Å². The predicted octanol–water partition coefficient (Wildman–Crippen LogP) is 2.45. The Kier molecular flexibility index (Phi) is 3.89. The molecule has 0 amide bonds. The van der Waals surface area contributed by atoms with Crippen LogP contribution in [0.4, 0.5) is 0 Å². The maximum atomic E-state index is 5.17. The monoisotopic (exact) mass is 192 g/mol. The smallest absolute Gasteiger partial charge is 0.247 e. The molecule has 0 aliphatic carbocycles. The first kappa shape index (κ1) is 10.8. The minimum Gasteiger partial charge on any atom is -0.447 e. The lowest BCUT2D eigenvalue weighted by Gasteiger charge is -2.25. The summed E-state index contributed by atoms with van der Waals surface area (Å²) in [5.74, 6) is -0.738. The molecule has 0 aliphatic heterocycles. The van der Waals surface area contributed by atoms with Crippen molar-refractivity contribution in [2.24, 2.45) is 0 Å². The largest absolute Gasteiger partial charge is 0.447 e. The van der Waals surface area contributed by atoms with Crippen molar-refractivity contribution in [2.45, 2.75) is 33.5 Å². The van der Waals surface area contributed by atoms with Gasteiger partial charge in [-0.05, 0) is 24.4 Å². The zero-order valence-electron chi connectivity index (χ0n) is 7.13. The van der Waals surface area contributed by atoms with Crippen LogP contribution < -0.4 is 0 Å². The van der Waals surface area contributed by atoms with Gasteiger partial charge in [-0.1, -0.05) is 0 Å². The third-order valence-corrected chi connectivity index (χ3v) is 0.946. The highest BCUT2D eigenvalue weighted by molar-refractivity contribution is 7.80. The average molecular weight is 192 g/mol. The number of ether oxygens (including phenoxy) is 2. The fraction of sp³-hybridized carbons (Fsp3) is 0.714. The number of rotatable bonds is 2. The van der Waals surface area contributed by atoms with Crippen LogP contribution in [-0.2, 0) is 9.47 Å². The van der Waals surface area contributed by atoms with E-state index in [0.717, 1.165) is 0 Å². The summed E-state index contributed by atoms with van der Waals surface area (Å²) in [5, 5.41) is 0.900. The van der Waals surface area contributed by atoms with Crippen LogP contribution in [0.25, 0.3) is 0 Å². The Morgan fingerprint density at radius 2 is 1.27 bits per heavy atom. The lowest BCUT2D eigenvalue weighted by Crippen LogP contribution is -2.31. The minimum atomic E-state index is -0.738. The highest BCUT2D eigenvalue weighted by Gasteiger charge is 2.21. The first-order chi connectivity index (χ1) is 4.83. The molecule has 0 aromatic rings. The van der Waals surface area contributed by atoms with Crippen LogP contribution in [0, 0.1) is 0 Å². The molecule has 0 atom stereocenters. The summed E-state index contributed by atoms with van der Waals surface area (Å²) < 4.78 is 10.3. The molecular weight excluding hydrogens is 180 g/mol. The average Bonchev–Trinajstić information content (AvgIpc) is 1.53. The first-order valence-corrected chi connectivity index (χ1v) is 4.04. The van der Waals surface area contributed by atoms with E-state index in [4.69, 9.17) is 33.9 Å². The van der Waals surface area contributed by atoms with Gasteiger partial charge >= 0.3 is 0 Å². The van der Waals surface area contributed by atoms with Crippen molar-refractivity contribution < 1.29 is 9.47 Å². The van der Waals surface area contributed by atoms with Crippen LogP contribution in [0.15, 0.2) is 0 Å². The number of thiocarbonyl (C=S) groups is 2. The van der Waals surface area contributed by atoms with E-state index in [-0.39, 0.29) is 0 Å². The highest BCUT2D eigenvalue weighted by atomic mass is 32.1. The van der Waals surface area contributed by atoms with Crippen molar-refractivity contribution in [3.63, 3.8) is 0 Å². The van der Waals surface area contributed by atoms with Crippen LogP contribution in [-0.4, -0.2) is 15.9 Å². The normalized spacial score (nSPS) is 10.5. The minimum absolute atomic E-state index is 0.450. The van der Waals surface area contributed by atoms with Crippen molar-refractivity contribution >= 4 is 34.5 Å². The van der Waals surface area contributed by atoms with Crippen LogP contribution >= 0.6 is 24.4 Å². The second-order valence-corrected chi connectivity index (χ2v) is 3.74. The summed E-state index contributed by atoms with van der Waals surface area (Å²) in [4.78, 5) is 0. The lowest BCUT2D eigenvalue weighted by atomic mass is 10.4. The number of hydrogen-bond donors (Lipinski definition) is 0. The van der Waals surface area contributed by atoms with Gasteiger partial charge in [-0.25, -0.2) is 0 Å². The summed E-state index contributed by atoms with van der Waals surface area (Å²) >= 11 is 9.50. The van der Waals surface area contributed by atoms with Crippen molar-refractivity contribution in [3.05, 3.63) is 0 Å². The van der Waals surface area contributed by atoms with E-state index in [1.165, 1.54) is 0 Å². The zero-order chi connectivity index (χ0) is 9.07. The molecule has 0 spiro atoms. The van der Waals surface area contributed by atoms with Crippen molar-refractivity contribution in [1.29, 1.82) is 0 Å². The summed E-state index contributed by atoms with van der Waals surface area (Å²) in [6.07, 6.45) is 0. The summed E-state index contributed by atoms with van der Waals surface area (Å²) in [6.45, 7) is 6.91. The van der Waals surface area contributed by atoms with E-state index in [1.807, 2.05) is 0 Å². The lowest BCUT2D eigenvalue weighted by molar-refractivity contribution is -0.0980. The fourth-order valence-electron chi connectivity index (χ4n) is 0.713. The fourth-order valence-corrected chi connectivity index (χ4v) is 1.11. The summed E-state index contributed by atoms with van der Waals surface area (Å²) in [7, 11) is 0. The second kappa shape index (κ2) is 3.97. The molecule has 0 rings (SSSR count). The molecule has 0 radical (unpaired) electrons. The van der Waals surface area contributed by atoms with E-state index >= 15 is 0 Å². The molecule has 0 saturated heterocycles. The molecule has 0 bridgehead atoms. The third-order valence-electron chi connectivity index (χ3n) is 0.779. The Hall–Kier alpha value is -0.220. The Balaban J connectivity index is 3.99. The molecule has 2 nitrogen and oxygen atoms in total. The van der Waals surface area contributed by atoms with E-state index in [2.05, 4.69) is 0 Å². The molecular formula is C7H12O2S2. The zero-order valence-corrected chi connectivity index (χ0v) is 8.77. The van der Waals surface area contributed by atoms with Crippen molar-refractivity contribution in [1.82, 2.24) is 0 Å². The van der Waals surface area contributed by atoms with Gasteiger partial charge < -0.3 is 9.47 Å². The molecule has 0 unspecified atom stereocenters. The van der Waals surface area contributed by atoms with E-state index in [9.17, 15) is 0 Å². The molecule has 4 heteroatoms. The Bertz CT molecular complexity index is 157. The molecule has 0 saturated carbocycles. The summed E-state index contributed by atoms with van der Waals surface area (Å²) in [6, 6.07) is 0. The molecule has 0 aromatic carbocycles. The van der Waals surface area contributed by atoms with Crippen LogP contribution in [0.5, 0.6) is 0 Å². The van der Waals surface area contributed by atoms with Crippen LogP contribution in [0.3, 0.4) is 0 Å². The van der Waals surface area contributed by atoms with Crippen LogP contribution in [0.1, 0.15) is 27.7 Å². The second-order valence-electron chi connectivity index (χ2n) is 2.59. The molecule has 0 heterocycles. The van der Waals surface area contributed by atoms with Gasteiger partial charge in [0.25, 0.3) is 0 Å². The van der Waals surface area contributed by atoms with Crippen molar-refractivity contribution in [2.75, 3.05) is 0 Å². The molecule has 0 aromatic heterocycles. The van der Waals surface area contributed by atoms with Crippen LogP contribution in [0.2, 0.25) is 0 Å². The molecule has 64 valence electrons. The Morgan fingerprint density at radius 3 is 1.45 bits per heavy atom. The third kappa shape index (κ3) is 6.19. The van der Waals surface area contributed by atoms with Gasteiger partial charge in [0, 0.05) is 27.7 Å². The molecule has 11 heavy (non-hydrogen) atoms. The standard InChI is InChI=1S/C7H12O2S2/c1-5(10)8-7(3,4)9-6(2)11/h1-4H3. The molecule has 0 fully saturated rings. The Labute approximate surface area is 77.9 Å². The molecule has 0 N–H and O–H groups in total. The van der Waals surface area contributed by atoms with E-state index < -0.39 is 5.79 Å². The molecule has 0 aliphatic rings. The van der Waals surface area contributed by atoms with Gasteiger partial charge in [-0.2, -0.15) is 0 Å². The highest BCUT2D eigenvalue weighted by Crippen LogP contribution is 2.12. The van der Waals surface area contributed by atoms with Gasteiger partial charge in [0.15, 0.2) is 10.1 Å². The SMILES string of the molecule is CC(=S)OC(C)(C)OC(C)=S. The predicted molar refractivity (Wildman–Crippen MR) is 52.8 cm³/mol. The van der Waals surface area contributed by atoms with Crippen molar-refractivity contribution in [3.8, 4) is 0 Å². The van der Waals surface area contributed by atoms with Gasteiger partial charge in [0.05, 0.1) is 0 Å². The topological polar surface area (TPSA) is 18.5 Å². The van der Waals surface area contributed by atoms with Gasteiger partial charge in [0.1, 0.15) is 0 Å². The van der Waals surface area contributed by atoms with E-state index in [0.29, 0.717) is 10.1 Å². The maximum absolute atomic E-state index is 5.17. The summed E-state index contributed by atoms with van der Waals surface area (Å²) in [5.41, 5.74) is 0. The van der Waals surface area contributed by atoms with Gasteiger partial charge in [0.2, 0.25) is 5.79 Å². The van der Waals surface area contributed by atoms with Gasteiger partial charge in [-0.3, -0.25) is 0 Å².